The lowest BCUT2D eigenvalue weighted by Crippen LogP contribution is -2.45. The molecule has 110 valence electrons. The van der Waals surface area contributed by atoms with Crippen LogP contribution in [-0.4, -0.2) is 41.5 Å². The van der Waals surface area contributed by atoms with E-state index in [9.17, 15) is 9.59 Å². The van der Waals surface area contributed by atoms with Gasteiger partial charge in [0.2, 0.25) is 0 Å². The number of aromatic amines is 1. The van der Waals surface area contributed by atoms with Crippen LogP contribution in [0.2, 0.25) is 10.2 Å². The van der Waals surface area contributed by atoms with Crippen LogP contribution in [0.1, 0.15) is 36.2 Å². The molecule has 0 radical (unpaired) electrons. The standard InChI is InChI=1S/C13H16Cl2N2O3/c1-20-11(18)6-8-4-2-3-5-17(8)13(19)10-7-9(14)12(15)16-10/h7-8,16H,2-6H2,1H3. The molecular formula is C13H16Cl2N2O3. The summed E-state index contributed by atoms with van der Waals surface area (Å²) in [4.78, 5) is 28.4. The van der Waals surface area contributed by atoms with Crippen molar-refractivity contribution in [2.75, 3.05) is 13.7 Å². The molecule has 0 bridgehead atoms. The first-order valence-electron chi connectivity index (χ1n) is 6.44. The number of carbonyl (C=O) groups is 2. The smallest absolute Gasteiger partial charge is 0.307 e. The molecule has 0 aromatic carbocycles. The maximum absolute atomic E-state index is 12.5. The molecule has 20 heavy (non-hydrogen) atoms. The van der Waals surface area contributed by atoms with E-state index in [2.05, 4.69) is 9.72 Å². The van der Waals surface area contributed by atoms with Gasteiger partial charge < -0.3 is 14.6 Å². The van der Waals surface area contributed by atoms with Crippen molar-refractivity contribution < 1.29 is 14.3 Å². The molecule has 7 heteroatoms. The highest BCUT2D eigenvalue weighted by Gasteiger charge is 2.30. The van der Waals surface area contributed by atoms with Crippen molar-refractivity contribution in [1.82, 2.24) is 9.88 Å². The fourth-order valence-electron chi connectivity index (χ4n) is 2.43. The Morgan fingerprint density at radius 2 is 2.20 bits per heavy atom. The van der Waals surface area contributed by atoms with Crippen molar-refractivity contribution in [3.05, 3.63) is 21.9 Å². The minimum absolute atomic E-state index is 0.135. The second-order valence-electron chi connectivity index (χ2n) is 4.77. The van der Waals surface area contributed by atoms with Crippen molar-refractivity contribution in [2.24, 2.45) is 0 Å². The summed E-state index contributed by atoms with van der Waals surface area (Å²) in [5.74, 6) is -0.496. The highest BCUT2D eigenvalue weighted by molar-refractivity contribution is 6.41. The summed E-state index contributed by atoms with van der Waals surface area (Å²) in [6.07, 6.45) is 2.93. The summed E-state index contributed by atoms with van der Waals surface area (Å²) in [5, 5.41) is 0.563. The largest absolute Gasteiger partial charge is 0.469 e. The van der Waals surface area contributed by atoms with E-state index in [1.54, 1.807) is 4.90 Å². The van der Waals surface area contributed by atoms with Gasteiger partial charge in [-0.1, -0.05) is 23.2 Å². The lowest BCUT2D eigenvalue weighted by molar-refractivity contribution is -0.142. The number of aromatic nitrogens is 1. The van der Waals surface area contributed by atoms with Crippen LogP contribution in [0.15, 0.2) is 6.07 Å². The molecule has 1 aliphatic rings. The van der Waals surface area contributed by atoms with E-state index in [1.807, 2.05) is 0 Å². The van der Waals surface area contributed by atoms with E-state index in [0.717, 1.165) is 19.3 Å². The normalized spacial score (nSPS) is 18.9. The Labute approximate surface area is 127 Å². The van der Waals surface area contributed by atoms with Crippen LogP contribution in [0.3, 0.4) is 0 Å². The predicted octanol–water partition coefficient (Wildman–Crippen LogP) is 2.88. The molecule has 1 N–H and O–H groups in total. The number of nitrogens with one attached hydrogen (secondary N) is 1. The van der Waals surface area contributed by atoms with Crippen molar-refractivity contribution in [2.45, 2.75) is 31.7 Å². The number of esters is 1. The van der Waals surface area contributed by atoms with Gasteiger partial charge in [-0.25, -0.2) is 0 Å². The molecule has 1 aromatic heterocycles. The SMILES string of the molecule is COC(=O)CC1CCCCN1C(=O)c1cc(Cl)c(Cl)[nH]1. The first-order valence-corrected chi connectivity index (χ1v) is 7.20. The molecule has 5 nitrogen and oxygen atoms in total. The lowest BCUT2D eigenvalue weighted by atomic mass is 9.99. The first-order chi connectivity index (χ1) is 9.52. The van der Waals surface area contributed by atoms with E-state index >= 15 is 0 Å². The number of nitrogens with zero attached hydrogens (tertiary/aromatic N) is 1. The van der Waals surface area contributed by atoms with Crippen LogP contribution < -0.4 is 0 Å². The van der Waals surface area contributed by atoms with Crippen LogP contribution in [0, 0.1) is 0 Å². The van der Waals surface area contributed by atoms with Gasteiger partial charge in [0.25, 0.3) is 5.91 Å². The number of hydrogen-bond acceptors (Lipinski definition) is 3. The molecule has 1 aromatic rings. The molecule has 2 rings (SSSR count). The minimum atomic E-state index is -0.308. The van der Waals surface area contributed by atoms with E-state index in [0.29, 0.717) is 17.3 Å². The number of methoxy groups -OCH3 is 1. The van der Waals surface area contributed by atoms with Gasteiger partial charge in [-0.05, 0) is 25.3 Å². The number of piperidine rings is 1. The molecule has 0 spiro atoms. The third-order valence-electron chi connectivity index (χ3n) is 3.47. The molecule has 0 saturated carbocycles. The van der Waals surface area contributed by atoms with Gasteiger partial charge in [-0.3, -0.25) is 9.59 Å². The third-order valence-corrected chi connectivity index (χ3v) is 4.17. The maximum atomic E-state index is 12.5. The number of ether oxygens (including phenoxy) is 1. The quantitative estimate of drug-likeness (QED) is 0.872. The topological polar surface area (TPSA) is 62.4 Å². The summed E-state index contributed by atoms with van der Waals surface area (Å²) in [5.41, 5.74) is 0.344. The van der Waals surface area contributed by atoms with Crippen molar-refractivity contribution >= 4 is 35.1 Å². The fraction of sp³-hybridized carbons (Fsp3) is 0.538. The van der Waals surface area contributed by atoms with Crippen LogP contribution in [0.4, 0.5) is 0 Å². The number of carbonyl (C=O) groups excluding carboxylic acids is 2. The number of H-pyrrole nitrogens is 1. The number of rotatable bonds is 3. The second kappa shape index (κ2) is 6.50. The molecule has 1 fully saturated rings. The van der Waals surface area contributed by atoms with Crippen molar-refractivity contribution in [1.29, 1.82) is 0 Å². The zero-order valence-corrected chi connectivity index (χ0v) is 12.6. The van der Waals surface area contributed by atoms with Gasteiger partial charge >= 0.3 is 5.97 Å². The van der Waals surface area contributed by atoms with E-state index in [-0.39, 0.29) is 29.5 Å². The lowest BCUT2D eigenvalue weighted by Gasteiger charge is -2.34. The Kier molecular flexibility index (Phi) is 4.94. The van der Waals surface area contributed by atoms with Crippen LogP contribution in [0.5, 0.6) is 0 Å². The van der Waals surface area contributed by atoms with Crippen molar-refractivity contribution in [3.63, 3.8) is 0 Å². The molecule has 1 atom stereocenters. The van der Waals surface area contributed by atoms with E-state index in [1.165, 1.54) is 13.2 Å². The van der Waals surface area contributed by atoms with E-state index < -0.39 is 0 Å². The van der Waals surface area contributed by atoms with Crippen LogP contribution >= 0.6 is 23.2 Å². The van der Waals surface area contributed by atoms with Gasteiger partial charge in [-0.2, -0.15) is 0 Å². The summed E-state index contributed by atoms with van der Waals surface area (Å²) < 4.78 is 4.68. The highest BCUT2D eigenvalue weighted by Crippen LogP contribution is 2.26. The van der Waals surface area contributed by atoms with Crippen LogP contribution in [0.25, 0.3) is 0 Å². The molecule has 1 aliphatic heterocycles. The predicted molar refractivity (Wildman–Crippen MR) is 76.1 cm³/mol. The summed E-state index contributed by atoms with van der Waals surface area (Å²) in [6.45, 7) is 0.620. The van der Waals surface area contributed by atoms with E-state index in [4.69, 9.17) is 23.2 Å². The Morgan fingerprint density at radius 1 is 1.45 bits per heavy atom. The fourth-order valence-corrected chi connectivity index (χ4v) is 2.74. The number of amides is 1. The Bertz CT molecular complexity index is 496. The average molecular weight is 319 g/mol. The zero-order chi connectivity index (χ0) is 14.7. The molecule has 1 amide bonds. The Balaban J connectivity index is 2.14. The molecular weight excluding hydrogens is 303 g/mol. The van der Waals surface area contributed by atoms with Gasteiger partial charge in [-0.15, -0.1) is 0 Å². The highest BCUT2D eigenvalue weighted by atomic mass is 35.5. The second-order valence-corrected chi connectivity index (χ2v) is 5.56. The van der Waals surface area contributed by atoms with Gasteiger partial charge in [0.05, 0.1) is 18.6 Å². The number of hydrogen-bond donors (Lipinski definition) is 1. The maximum Gasteiger partial charge on any atom is 0.307 e. The minimum Gasteiger partial charge on any atom is -0.469 e. The van der Waals surface area contributed by atoms with Gasteiger partial charge in [0.1, 0.15) is 10.8 Å². The first kappa shape index (κ1) is 15.2. The third kappa shape index (κ3) is 3.27. The average Bonchev–Trinajstić information content (AvgIpc) is 2.78. The monoisotopic (exact) mass is 318 g/mol. The van der Waals surface area contributed by atoms with Crippen LogP contribution in [-0.2, 0) is 9.53 Å². The van der Waals surface area contributed by atoms with Gasteiger partial charge in [0, 0.05) is 12.6 Å². The van der Waals surface area contributed by atoms with Crippen molar-refractivity contribution in [3.8, 4) is 0 Å². The number of halogens is 2. The molecule has 2 heterocycles. The Hall–Kier alpha value is -1.20. The molecule has 1 saturated heterocycles. The summed E-state index contributed by atoms with van der Waals surface area (Å²) >= 11 is 11.7. The summed E-state index contributed by atoms with van der Waals surface area (Å²) in [6, 6.07) is 1.38. The van der Waals surface area contributed by atoms with Gasteiger partial charge in [0.15, 0.2) is 0 Å². The zero-order valence-electron chi connectivity index (χ0n) is 11.1. The molecule has 1 unspecified atom stereocenters. The molecule has 0 aliphatic carbocycles. The summed E-state index contributed by atoms with van der Waals surface area (Å²) in [7, 11) is 1.35. The Morgan fingerprint density at radius 3 is 2.80 bits per heavy atom. The number of likely N-dealkylation sites (tertiary alicyclic amines) is 1.